The molecule has 1 heterocycles. The van der Waals surface area contributed by atoms with Crippen molar-refractivity contribution in [2.24, 2.45) is 5.10 Å². The lowest BCUT2D eigenvalue weighted by atomic mass is 9.93. The number of hydrogen-bond acceptors (Lipinski definition) is 4. The summed E-state index contributed by atoms with van der Waals surface area (Å²) < 4.78 is 32.7. The highest BCUT2D eigenvalue weighted by Gasteiger charge is 2.28. The van der Waals surface area contributed by atoms with E-state index in [1.807, 2.05) is 6.07 Å². The number of hydrazone groups is 1. The molecule has 2 N–H and O–H groups in total. The number of nitrogens with one attached hydrogen (secondary N) is 2. The van der Waals surface area contributed by atoms with Crippen molar-refractivity contribution < 1.29 is 22.8 Å². The van der Waals surface area contributed by atoms with Crippen LogP contribution in [0.4, 0.5) is 14.5 Å². The molecule has 4 rings (SSSR count). The van der Waals surface area contributed by atoms with Crippen LogP contribution in [-0.2, 0) is 6.42 Å². The topological polar surface area (TPSA) is 83.7 Å². The molecular formula is C23H19F2N3O3. The minimum Gasteiger partial charge on any atom is -0.455 e. The molecule has 158 valence electrons. The second-order valence-electron chi connectivity index (χ2n) is 7.15. The molecule has 0 unspecified atom stereocenters. The van der Waals surface area contributed by atoms with Crippen molar-refractivity contribution in [1.29, 1.82) is 0 Å². The average molecular weight is 423 g/mol. The third kappa shape index (κ3) is 4.23. The quantitative estimate of drug-likeness (QED) is 0.602. The van der Waals surface area contributed by atoms with Crippen LogP contribution >= 0.6 is 0 Å². The van der Waals surface area contributed by atoms with Gasteiger partial charge < -0.3 is 9.73 Å². The summed E-state index contributed by atoms with van der Waals surface area (Å²) in [5, 5.41) is 6.67. The van der Waals surface area contributed by atoms with E-state index in [9.17, 15) is 18.4 Å². The Labute approximate surface area is 177 Å². The number of nitrogens with zero attached hydrogens (tertiary/aromatic N) is 1. The van der Waals surface area contributed by atoms with Gasteiger partial charge in [-0.05, 0) is 44.0 Å². The van der Waals surface area contributed by atoms with E-state index in [1.54, 1.807) is 31.2 Å². The molecule has 0 saturated heterocycles. The Balaban J connectivity index is 1.58. The highest BCUT2D eigenvalue weighted by Crippen LogP contribution is 2.30. The summed E-state index contributed by atoms with van der Waals surface area (Å²) in [6, 6.07) is 11.6. The van der Waals surface area contributed by atoms with Gasteiger partial charge in [-0.1, -0.05) is 18.2 Å². The number of carbonyl (C=O) groups excluding carboxylic acids is 2. The number of carbonyl (C=O) groups is 2. The Morgan fingerprint density at radius 2 is 1.81 bits per heavy atom. The fraction of sp³-hybridized carbons (Fsp3) is 0.174. The first-order valence-electron chi connectivity index (χ1n) is 9.75. The Bertz CT molecular complexity index is 1190. The Kier molecular flexibility index (Phi) is 5.62. The summed E-state index contributed by atoms with van der Waals surface area (Å²) in [4.78, 5) is 25.0. The molecular weight excluding hydrogens is 404 g/mol. The van der Waals surface area contributed by atoms with E-state index in [2.05, 4.69) is 15.8 Å². The van der Waals surface area contributed by atoms with Gasteiger partial charge in [0.15, 0.2) is 5.76 Å². The smallest absolute Gasteiger partial charge is 0.291 e. The van der Waals surface area contributed by atoms with E-state index in [0.717, 1.165) is 18.6 Å². The second-order valence-corrected chi connectivity index (χ2v) is 7.15. The van der Waals surface area contributed by atoms with Crippen molar-refractivity contribution in [3.05, 3.63) is 88.4 Å². The van der Waals surface area contributed by atoms with E-state index < -0.39 is 17.5 Å². The largest absolute Gasteiger partial charge is 0.455 e. The summed E-state index contributed by atoms with van der Waals surface area (Å²) in [6.45, 7) is 1.71. The van der Waals surface area contributed by atoms with Crippen LogP contribution in [-0.4, -0.2) is 17.5 Å². The molecule has 1 aliphatic carbocycles. The number of rotatable bonds is 4. The maximum absolute atomic E-state index is 13.9. The van der Waals surface area contributed by atoms with Gasteiger partial charge in [0.2, 0.25) is 0 Å². The Morgan fingerprint density at radius 3 is 2.55 bits per heavy atom. The van der Waals surface area contributed by atoms with Crippen LogP contribution in [0.5, 0.6) is 0 Å². The lowest BCUT2D eigenvalue weighted by Crippen LogP contribution is -2.22. The van der Waals surface area contributed by atoms with Crippen molar-refractivity contribution in [3.8, 4) is 0 Å². The number of amides is 2. The molecule has 1 aromatic heterocycles. The van der Waals surface area contributed by atoms with Gasteiger partial charge in [0.1, 0.15) is 17.4 Å². The van der Waals surface area contributed by atoms with Crippen molar-refractivity contribution in [3.63, 3.8) is 0 Å². The normalized spacial score (nSPS) is 14.2. The van der Waals surface area contributed by atoms with E-state index in [1.165, 1.54) is 0 Å². The number of hydrogen-bond donors (Lipinski definition) is 2. The summed E-state index contributed by atoms with van der Waals surface area (Å²) in [5.74, 6) is -2.00. The Hall–Kier alpha value is -3.81. The maximum atomic E-state index is 13.9. The van der Waals surface area contributed by atoms with Gasteiger partial charge in [0.05, 0.1) is 11.4 Å². The van der Waals surface area contributed by atoms with Gasteiger partial charge in [-0.3, -0.25) is 9.59 Å². The summed E-state index contributed by atoms with van der Waals surface area (Å²) >= 11 is 0. The fourth-order valence-electron chi connectivity index (χ4n) is 3.54. The van der Waals surface area contributed by atoms with E-state index >= 15 is 0 Å². The van der Waals surface area contributed by atoms with E-state index in [4.69, 9.17) is 4.42 Å². The van der Waals surface area contributed by atoms with E-state index in [-0.39, 0.29) is 17.4 Å². The van der Waals surface area contributed by atoms with Gasteiger partial charge in [-0.2, -0.15) is 5.10 Å². The third-order valence-electron chi connectivity index (χ3n) is 5.04. The standard InChI is InChI=1S/C23H19F2N3O3/c1-13-20-18(27-28-22(29)14-6-3-2-4-7-14)8-5-9-19(20)31-21(13)23(30)26-17-11-10-15(24)12-16(17)25/h2-4,6-7,10-12H,5,8-9H2,1H3,(H,26,30)(H,28,29)/b27-18+. The lowest BCUT2D eigenvalue weighted by molar-refractivity contribution is 0.0953. The van der Waals surface area contributed by atoms with Gasteiger partial charge in [0.25, 0.3) is 11.8 Å². The highest BCUT2D eigenvalue weighted by molar-refractivity contribution is 6.09. The van der Waals surface area contributed by atoms with Crippen LogP contribution in [0.1, 0.15) is 50.6 Å². The highest BCUT2D eigenvalue weighted by atomic mass is 19.1. The molecule has 0 bridgehead atoms. The zero-order chi connectivity index (χ0) is 22.0. The SMILES string of the molecule is Cc1c(C(=O)Nc2ccc(F)cc2F)oc2c1/C(=N/NC(=O)c1ccccc1)CCC2. The molecule has 3 aromatic rings. The number of halogens is 2. The zero-order valence-electron chi connectivity index (χ0n) is 16.7. The summed E-state index contributed by atoms with van der Waals surface area (Å²) in [5.41, 5.74) is 4.71. The lowest BCUT2D eigenvalue weighted by Gasteiger charge is -2.13. The molecule has 2 aromatic carbocycles. The molecule has 8 heteroatoms. The number of furan rings is 1. The average Bonchev–Trinajstić information content (AvgIpc) is 3.12. The third-order valence-corrected chi connectivity index (χ3v) is 5.04. The molecule has 31 heavy (non-hydrogen) atoms. The second kappa shape index (κ2) is 8.51. The molecule has 0 aliphatic heterocycles. The van der Waals surface area contributed by atoms with Gasteiger partial charge in [-0.25, -0.2) is 14.2 Å². The number of aryl methyl sites for hydroxylation is 1. The first-order chi connectivity index (χ1) is 14.9. The van der Waals surface area contributed by atoms with Crippen LogP contribution in [0.3, 0.4) is 0 Å². The molecule has 2 amide bonds. The van der Waals surface area contributed by atoms with Crippen LogP contribution in [0.25, 0.3) is 0 Å². The van der Waals surface area contributed by atoms with Crippen LogP contribution in [0.15, 0.2) is 58.0 Å². The summed E-state index contributed by atoms with van der Waals surface area (Å²) in [7, 11) is 0. The van der Waals surface area contributed by atoms with Crippen LogP contribution in [0.2, 0.25) is 0 Å². The first-order valence-corrected chi connectivity index (χ1v) is 9.75. The van der Waals surface area contributed by atoms with Crippen LogP contribution < -0.4 is 10.7 Å². The number of anilines is 1. The molecule has 0 fully saturated rings. The monoisotopic (exact) mass is 423 g/mol. The predicted octanol–water partition coefficient (Wildman–Crippen LogP) is 4.59. The van der Waals surface area contributed by atoms with Gasteiger partial charge >= 0.3 is 0 Å². The van der Waals surface area contributed by atoms with Crippen molar-refractivity contribution in [2.45, 2.75) is 26.2 Å². The zero-order valence-corrected chi connectivity index (χ0v) is 16.7. The maximum Gasteiger partial charge on any atom is 0.291 e. The first kappa shape index (κ1) is 20.5. The fourth-order valence-corrected chi connectivity index (χ4v) is 3.54. The van der Waals surface area contributed by atoms with Crippen LogP contribution in [0, 0.1) is 18.6 Å². The van der Waals surface area contributed by atoms with Gasteiger partial charge in [0, 0.05) is 29.2 Å². The number of benzene rings is 2. The molecule has 0 saturated carbocycles. The molecule has 0 atom stereocenters. The molecule has 0 radical (unpaired) electrons. The predicted molar refractivity (Wildman–Crippen MR) is 111 cm³/mol. The molecule has 6 nitrogen and oxygen atoms in total. The molecule has 1 aliphatic rings. The van der Waals surface area contributed by atoms with Gasteiger partial charge in [-0.15, -0.1) is 0 Å². The van der Waals surface area contributed by atoms with E-state index in [0.29, 0.717) is 47.1 Å². The van der Waals surface area contributed by atoms with Crippen molar-refractivity contribution in [2.75, 3.05) is 5.32 Å². The molecule has 0 spiro atoms. The number of fused-ring (bicyclic) bond motifs is 1. The summed E-state index contributed by atoms with van der Waals surface area (Å²) in [6.07, 6.45) is 1.96. The Morgan fingerprint density at radius 1 is 1.03 bits per heavy atom. The van der Waals surface area contributed by atoms with Crippen molar-refractivity contribution >= 4 is 23.2 Å². The minimum absolute atomic E-state index is 0.0257. The minimum atomic E-state index is -0.881. The van der Waals surface area contributed by atoms with Crippen molar-refractivity contribution in [1.82, 2.24) is 5.43 Å².